The summed E-state index contributed by atoms with van der Waals surface area (Å²) < 4.78 is 23.8. The molecule has 0 atom stereocenters. The standard InChI is InChI=1S/C16H21N2O2S.Na/c1-14-9-11-16(12-10-14)21(19,20)18-17-13-5-8-15-6-3-2-4-7-15;/h5,8-13,15H,2-4,6-7H2,1H3;/q-1;+1/b8-5+,17-13-;. The molecule has 114 valence electrons. The van der Waals surface area contributed by atoms with Crippen LogP contribution in [-0.4, -0.2) is 14.6 Å². The van der Waals surface area contributed by atoms with Crippen LogP contribution in [0.1, 0.15) is 37.7 Å². The summed E-state index contributed by atoms with van der Waals surface area (Å²) in [5.74, 6) is 0.596. The Kier molecular flexibility index (Phi) is 8.39. The van der Waals surface area contributed by atoms with Crippen molar-refractivity contribution in [3.63, 3.8) is 0 Å². The third kappa shape index (κ3) is 6.24. The van der Waals surface area contributed by atoms with E-state index in [0.717, 1.165) is 5.56 Å². The van der Waals surface area contributed by atoms with Crippen LogP contribution in [0.3, 0.4) is 0 Å². The van der Waals surface area contributed by atoms with E-state index in [0.29, 0.717) is 5.92 Å². The number of hydrogen-bond donors (Lipinski definition) is 0. The zero-order chi connectivity index (χ0) is 15.1. The molecule has 22 heavy (non-hydrogen) atoms. The molecule has 0 bridgehead atoms. The smallest absolute Gasteiger partial charge is 0.491 e. The summed E-state index contributed by atoms with van der Waals surface area (Å²) in [6.07, 6.45) is 11.6. The molecule has 0 aromatic heterocycles. The van der Waals surface area contributed by atoms with Gasteiger partial charge in [-0.3, -0.25) is 0 Å². The zero-order valence-corrected chi connectivity index (χ0v) is 16.1. The maximum absolute atomic E-state index is 11.9. The van der Waals surface area contributed by atoms with Gasteiger partial charge in [-0.05, 0) is 43.9 Å². The van der Waals surface area contributed by atoms with E-state index in [9.17, 15) is 8.42 Å². The van der Waals surface area contributed by atoms with Crippen LogP contribution in [0, 0.1) is 12.8 Å². The predicted octanol–water partition coefficient (Wildman–Crippen LogP) is 1.18. The third-order valence-corrected chi connectivity index (χ3v) is 4.84. The van der Waals surface area contributed by atoms with Gasteiger partial charge >= 0.3 is 29.6 Å². The van der Waals surface area contributed by atoms with E-state index in [1.165, 1.54) is 38.3 Å². The molecule has 0 radical (unpaired) electrons. The van der Waals surface area contributed by atoms with E-state index in [-0.39, 0.29) is 34.5 Å². The van der Waals surface area contributed by atoms with E-state index in [1.807, 2.05) is 6.92 Å². The van der Waals surface area contributed by atoms with E-state index in [1.54, 1.807) is 30.3 Å². The van der Waals surface area contributed by atoms with Crippen LogP contribution in [0.4, 0.5) is 0 Å². The molecule has 1 aromatic rings. The van der Waals surface area contributed by atoms with Gasteiger partial charge in [-0.25, -0.2) is 8.42 Å². The molecule has 0 heterocycles. The minimum atomic E-state index is -3.69. The Morgan fingerprint density at radius 1 is 1.14 bits per heavy atom. The van der Waals surface area contributed by atoms with Gasteiger partial charge in [-0.15, -0.1) is 0 Å². The van der Waals surface area contributed by atoms with Gasteiger partial charge in [0.05, 0.1) is 4.90 Å². The first-order chi connectivity index (χ1) is 10.1. The summed E-state index contributed by atoms with van der Waals surface area (Å²) in [6, 6.07) is 6.58. The van der Waals surface area contributed by atoms with Crippen molar-refractivity contribution in [2.45, 2.75) is 43.9 Å². The van der Waals surface area contributed by atoms with Crippen molar-refractivity contribution in [1.29, 1.82) is 0 Å². The number of benzene rings is 1. The van der Waals surface area contributed by atoms with Crippen molar-refractivity contribution in [3.8, 4) is 0 Å². The van der Waals surface area contributed by atoms with E-state index in [2.05, 4.69) is 16.0 Å². The van der Waals surface area contributed by atoms with Gasteiger partial charge in [0.25, 0.3) is 0 Å². The molecule has 1 saturated carbocycles. The minimum absolute atomic E-state index is 0. The summed E-state index contributed by atoms with van der Waals surface area (Å²) in [7, 11) is -3.69. The van der Waals surface area contributed by atoms with Crippen LogP contribution < -0.4 is 29.6 Å². The fraction of sp³-hybridized carbons (Fsp3) is 0.438. The number of rotatable bonds is 5. The van der Waals surface area contributed by atoms with Crippen molar-refractivity contribution in [2.75, 3.05) is 0 Å². The van der Waals surface area contributed by atoms with Gasteiger partial charge in [0.15, 0.2) is 0 Å². The van der Waals surface area contributed by atoms with Crippen LogP contribution in [-0.2, 0) is 10.0 Å². The molecule has 2 rings (SSSR count). The fourth-order valence-electron chi connectivity index (χ4n) is 2.42. The summed E-state index contributed by atoms with van der Waals surface area (Å²) in [5.41, 5.74) is 1.01. The molecular weight excluding hydrogens is 307 g/mol. The first-order valence-electron chi connectivity index (χ1n) is 7.32. The maximum atomic E-state index is 11.9. The van der Waals surface area contributed by atoms with Gasteiger partial charge < -0.3 is 9.93 Å². The second-order valence-electron chi connectivity index (χ2n) is 5.42. The second-order valence-corrected chi connectivity index (χ2v) is 7.00. The van der Waals surface area contributed by atoms with Gasteiger partial charge in [0, 0.05) is 6.21 Å². The number of hydrogen-bond acceptors (Lipinski definition) is 3. The number of sulfonamides is 1. The molecular formula is C16H21N2NaO2S. The quantitative estimate of drug-likeness (QED) is 0.463. The summed E-state index contributed by atoms with van der Waals surface area (Å²) in [4.78, 5) is 3.60. The molecule has 0 saturated heterocycles. The SMILES string of the molecule is Cc1ccc(S(=O)(=O)[N-]/N=C\C=C\C2CCCCC2)cc1.[Na+]. The molecule has 0 amide bonds. The van der Waals surface area contributed by atoms with E-state index < -0.39 is 10.0 Å². The molecule has 0 unspecified atom stereocenters. The van der Waals surface area contributed by atoms with Crippen molar-refractivity contribution in [3.05, 3.63) is 46.8 Å². The molecule has 0 N–H and O–H groups in total. The molecule has 1 aromatic carbocycles. The van der Waals surface area contributed by atoms with Crippen LogP contribution >= 0.6 is 0 Å². The molecule has 4 nitrogen and oxygen atoms in total. The monoisotopic (exact) mass is 328 g/mol. The molecule has 1 aliphatic rings. The first-order valence-corrected chi connectivity index (χ1v) is 8.76. The Morgan fingerprint density at radius 2 is 1.77 bits per heavy atom. The average Bonchev–Trinajstić information content (AvgIpc) is 2.48. The molecule has 1 aliphatic carbocycles. The zero-order valence-electron chi connectivity index (χ0n) is 13.3. The molecule has 0 aliphatic heterocycles. The molecule has 0 spiro atoms. The van der Waals surface area contributed by atoms with E-state index >= 15 is 0 Å². The summed E-state index contributed by atoms with van der Waals surface area (Å²) >= 11 is 0. The van der Waals surface area contributed by atoms with Crippen molar-refractivity contribution in [2.24, 2.45) is 11.0 Å². The summed E-state index contributed by atoms with van der Waals surface area (Å²) in [5, 5.41) is 3.65. The van der Waals surface area contributed by atoms with Gasteiger partial charge in [-0.1, -0.05) is 43.0 Å². The van der Waals surface area contributed by atoms with Crippen LogP contribution in [0.5, 0.6) is 0 Å². The maximum Gasteiger partial charge on any atom is 1.00 e. The minimum Gasteiger partial charge on any atom is -0.491 e. The topological polar surface area (TPSA) is 60.6 Å². The van der Waals surface area contributed by atoms with Gasteiger partial charge in [0.2, 0.25) is 0 Å². The second kappa shape index (κ2) is 9.50. The Hall–Kier alpha value is -0.620. The molecule has 1 fully saturated rings. The predicted molar refractivity (Wildman–Crippen MR) is 85.9 cm³/mol. The van der Waals surface area contributed by atoms with Crippen LogP contribution in [0.25, 0.3) is 4.83 Å². The Balaban J connectivity index is 0.00000242. The Morgan fingerprint density at radius 3 is 2.41 bits per heavy atom. The van der Waals surface area contributed by atoms with Gasteiger partial charge in [-0.2, -0.15) is 0 Å². The third-order valence-electron chi connectivity index (χ3n) is 3.66. The van der Waals surface area contributed by atoms with Crippen molar-refractivity contribution in [1.82, 2.24) is 0 Å². The first kappa shape index (κ1) is 19.4. The average molecular weight is 328 g/mol. The fourth-order valence-corrected chi connectivity index (χ4v) is 3.17. The van der Waals surface area contributed by atoms with Crippen molar-refractivity contribution >= 4 is 16.2 Å². The molecule has 6 heteroatoms. The number of nitrogens with zero attached hydrogens (tertiary/aromatic N) is 2. The number of allylic oxidation sites excluding steroid dienone is 2. The van der Waals surface area contributed by atoms with Crippen molar-refractivity contribution < 1.29 is 38.0 Å². The Bertz CT molecular complexity index is 604. The van der Waals surface area contributed by atoms with Gasteiger partial charge in [0.1, 0.15) is 10.0 Å². The Labute approximate surface area is 155 Å². The largest absolute Gasteiger partial charge is 1.00 e. The summed E-state index contributed by atoms with van der Waals surface area (Å²) in [6.45, 7) is 1.90. The normalized spacial score (nSPS) is 16.8. The van der Waals surface area contributed by atoms with Crippen LogP contribution in [0.2, 0.25) is 0 Å². The van der Waals surface area contributed by atoms with Crippen LogP contribution in [0.15, 0.2) is 46.4 Å². The number of aryl methyl sites for hydroxylation is 1. The van der Waals surface area contributed by atoms with E-state index in [4.69, 9.17) is 0 Å².